The van der Waals surface area contributed by atoms with E-state index in [0.717, 1.165) is 24.9 Å². The molecule has 2 amide bonds. The second kappa shape index (κ2) is 7.47. The largest absolute Gasteiger partial charge is 0.337 e. The first-order valence-corrected chi connectivity index (χ1v) is 9.51. The second-order valence-corrected chi connectivity index (χ2v) is 9.46. The van der Waals surface area contributed by atoms with E-state index in [1.54, 1.807) is 0 Å². The number of nitrogens with one attached hydrogen (secondary N) is 1. The normalized spacial score (nSPS) is 20.3. The van der Waals surface area contributed by atoms with Gasteiger partial charge in [0, 0.05) is 47.1 Å². The summed E-state index contributed by atoms with van der Waals surface area (Å²) in [7, 11) is -0.940. The number of hydrogen-bond donors (Lipinski definition) is 1. The van der Waals surface area contributed by atoms with Gasteiger partial charge in [0.25, 0.3) is 0 Å². The molecule has 0 aromatic carbocycles. The molecule has 1 aliphatic rings. The average Bonchev–Trinajstić information content (AvgIpc) is 2.93. The number of carbonyl (C=O) groups is 1. The van der Waals surface area contributed by atoms with E-state index in [4.69, 9.17) is 0 Å². The summed E-state index contributed by atoms with van der Waals surface area (Å²) in [5.41, 5.74) is 1.14. The molecule has 0 radical (unpaired) electrons. The zero-order chi connectivity index (χ0) is 17.0. The number of piperidine rings is 1. The summed E-state index contributed by atoms with van der Waals surface area (Å²) in [4.78, 5) is 14.1. The van der Waals surface area contributed by atoms with Gasteiger partial charge in [-0.1, -0.05) is 0 Å². The van der Waals surface area contributed by atoms with E-state index in [1.165, 1.54) is 0 Å². The molecule has 0 saturated carbocycles. The van der Waals surface area contributed by atoms with E-state index in [1.807, 2.05) is 49.7 Å². The highest BCUT2D eigenvalue weighted by Crippen LogP contribution is 2.21. The molecule has 2 rings (SSSR count). The fourth-order valence-corrected chi connectivity index (χ4v) is 3.56. The molecule has 1 fully saturated rings. The molecule has 6 nitrogen and oxygen atoms in total. The molecule has 130 valence electrons. The van der Waals surface area contributed by atoms with E-state index in [0.29, 0.717) is 18.8 Å². The van der Waals surface area contributed by atoms with Crippen molar-refractivity contribution in [1.29, 1.82) is 0 Å². The number of nitrogens with zero attached hydrogens (tertiary/aromatic N) is 3. The maximum Gasteiger partial charge on any atom is 0.317 e. The highest BCUT2D eigenvalue weighted by Gasteiger charge is 2.25. The molecule has 0 unspecified atom stereocenters. The highest BCUT2D eigenvalue weighted by atomic mass is 32.2. The monoisotopic (exact) mass is 340 g/mol. The summed E-state index contributed by atoms with van der Waals surface area (Å²) in [5, 5.41) is 7.26. The van der Waals surface area contributed by atoms with Crippen molar-refractivity contribution in [2.24, 2.45) is 0 Å². The van der Waals surface area contributed by atoms with Crippen molar-refractivity contribution in [3.63, 3.8) is 0 Å². The Balaban J connectivity index is 1.81. The molecule has 2 atom stereocenters. The summed E-state index contributed by atoms with van der Waals surface area (Å²) in [6.07, 6.45) is 5.89. The number of carbonyl (C=O) groups excluding carboxylic acids is 1. The molecule has 1 aromatic heterocycles. The molecule has 0 aliphatic carbocycles. The van der Waals surface area contributed by atoms with Gasteiger partial charge in [-0.25, -0.2) is 4.79 Å². The van der Waals surface area contributed by atoms with Crippen LogP contribution in [0, 0.1) is 6.92 Å². The van der Waals surface area contributed by atoms with Crippen LogP contribution in [0.5, 0.6) is 0 Å². The lowest BCUT2D eigenvalue weighted by Gasteiger charge is -2.33. The second-order valence-electron chi connectivity index (χ2n) is 7.13. The Kier molecular flexibility index (Phi) is 5.84. The Bertz CT molecular complexity index is 565. The van der Waals surface area contributed by atoms with Crippen LogP contribution in [0.2, 0.25) is 0 Å². The lowest BCUT2D eigenvalue weighted by molar-refractivity contribution is 0.164. The van der Waals surface area contributed by atoms with Gasteiger partial charge in [0.2, 0.25) is 0 Å². The van der Waals surface area contributed by atoms with Gasteiger partial charge in [-0.05, 0) is 46.1 Å². The summed E-state index contributed by atoms with van der Waals surface area (Å²) < 4.78 is 13.7. The molecule has 23 heavy (non-hydrogen) atoms. The van der Waals surface area contributed by atoms with Crippen LogP contribution in [0.4, 0.5) is 4.79 Å². The molecule has 1 N–H and O–H groups in total. The van der Waals surface area contributed by atoms with E-state index < -0.39 is 10.8 Å². The third-order valence-electron chi connectivity index (χ3n) is 4.04. The quantitative estimate of drug-likeness (QED) is 0.912. The number of aromatic nitrogens is 2. The fraction of sp³-hybridized carbons (Fsp3) is 0.750. The van der Waals surface area contributed by atoms with Gasteiger partial charge in [0.1, 0.15) is 0 Å². The molecule has 1 saturated heterocycles. The number of rotatable bonds is 4. The van der Waals surface area contributed by atoms with Crippen molar-refractivity contribution in [3.8, 4) is 0 Å². The number of urea groups is 1. The van der Waals surface area contributed by atoms with Gasteiger partial charge in [-0.2, -0.15) is 5.10 Å². The first-order chi connectivity index (χ1) is 10.8. The molecule has 1 aliphatic heterocycles. The summed E-state index contributed by atoms with van der Waals surface area (Å²) >= 11 is 0. The molecule has 1 aromatic rings. The van der Waals surface area contributed by atoms with Gasteiger partial charge in [0.15, 0.2) is 0 Å². The molecule has 2 heterocycles. The van der Waals surface area contributed by atoms with Crippen molar-refractivity contribution in [1.82, 2.24) is 20.0 Å². The predicted molar refractivity (Wildman–Crippen MR) is 93.0 cm³/mol. The first-order valence-electron chi connectivity index (χ1n) is 8.19. The van der Waals surface area contributed by atoms with Crippen LogP contribution >= 0.6 is 0 Å². The van der Waals surface area contributed by atoms with Crippen LogP contribution in [0.15, 0.2) is 12.4 Å². The van der Waals surface area contributed by atoms with E-state index >= 15 is 0 Å². The third-order valence-corrected chi connectivity index (χ3v) is 5.98. The lowest BCUT2D eigenvalue weighted by atomic mass is 10.1. The van der Waals surface area contributed by atoms with Crippen molar-refractivity contribution in [2.75, 3.05) is 25.4 Å². The van der Waals surface area contributed by atoms with Gasteiger partial charge < -0.3 is 10.2 Å². The van der Waals surface area contributed by atoms with Crippen molar-refractivity contribution >= 4 is 16.8 Å². The van der Waals surface area contributed by atoms with E-state index in [2.05, 4.69) is 10.4 Å². The number of likely N-dealkylation sites (tertiary alicyclic amines) is 1. The summed E-state index contributed by atoms with van der Waals surface area (Å²) in [6.45, 7) is 9.77. The average molecular weight is 340 g/mol. The number of amides is 2. The van der Waals surface area contributed by atoms with Crippen LogP contribution in [0.3, 0.4) is 0 Å². The zero-order valence-electron chi connectivity index (χ0n) is 14.5. The van der Waals surface area contributed by atoms with Crippen molar-refractivity contribution in [3.05, 3.63) is 18.0 Å². The molecule has 7 heteroatoms. The predicted octanol–water partition coefficient (Wildman–Crippen LogP) is 2.09. The Morgan fingerprint density at radius 2 is 2.22 bits per heavy atom. The van der Waals surface area contributed by atoms with Crippen LogP contribution in [-0.4, -0.2) is 55.1 Å². The van der Waals surface area contributed by atoms with Crippen molar-refractivity contribution in [2.45, 2.75) is 51.3 Å². The molecular formula is C16H28N4O2S. The zero-order valence-corrected chi connectivity index (χ0v) is 15.4. The Hall–Kier alpha value is -1.37. The molecule has 0 bridgehead atoms. The first kappa shape index (κ1) is 18.0. The summed E-state index contributed by atoms with van der Waals surface area (Å²) in [6, 6.07) is 0.177. The van der Waals surface area contributed by atoms with Crippen LogP contribution in [0.1, 0.15) is 45.2 Å². The number of aryl methyl sites for hydroxylation is 1. The van der Waals surface area contributed by atoms with Gasteiger partial charge in [-0.15, -0.1) is 0 Å². The van der Waals surface area contributed by atoms with Crippen LogP contribution < -0.4 is 5.32 Å². The van der Waals surface area contributed by atoms with Gasteiger partial charge in [0.05, 0.1) is 12.2 Å². The Morgan fingerprint density at radius 1 is 1.48 bits per heavy atom. The van der Waals surface area contributed by atoms with Crippen LogP contribution in [-0.2, 0) is 10.8 Å². The summed E-state index contributed by atoms with van der Waals surface area (Å²) in [5.74, 6) is 0.491. The number of hydrogen-bond acceptors (Lipinski definition) is 3. The lowest BCUT2D eigenvalue weighted by Crippen LogP contribution is -2.47. The molecular weight excluding hydrogens is 312 g/mol. The topological polar surface area (TPSA) is 67.2 Å². The molecule has 0 spiro atoms. The minimum atomic E-state index is -0.940. The standard InChI is InChI=1S/C16H28N4O2S/c1-13-10-18-20(11-13)14-6-5-8-19(12-14)15(21)17-7-9-23(22)16(2,3)4/h10-11,14H,5-9,12H2,1-4H3,(H,17,21)/t14-,23+/m1/s1. The third kappa shape index (κ3) is 5.06. The smallest absolute Gasteiger partial charge is 0.317 e. The Morgan fingerprint density at radius 3 is 2.83 bits per heavy atom. The highest BCUT2D eigenvalue weighted by molar-refractivity contribution is 7.86. The SMILES string of the molecule is Cc1cnn([C@@H]2CCCN(C(=O)NCC[S@](=O)C(C)(C)C)C2)c1. The Labute approximate surface area is 141 Å². The minimum Gasteiger partial charge on any atom is -0.337 e. The van der Waals surface area contributed by atoms with Crippen molar-refractivity contribution < 1.29 is 9.00 Å². The minimum absolute atomic E-state index is 0.0653. The van der Waals surface area contributed by atoms with Gasteiger partial charge >= 0.3 is 6.03 Å². The van der Waals surface area contributed by atoms with E-state index in [9.17, 15) is 9.00 Å². The maximum atomic E-state index is 12.3. The van der Waals surface area contributed by atoms with Gasteiger partial charge in [-0.3, -0.25) is 8.89 Å². The van der Waals surface area contributed by atoms with Crippen LogP contribution in [0.25, 0.3) is 0 Å². The van der Waals surface area contributed by atoms with E-state index in [-0.39, 0.29) is 16.8 Å². The fourth-order valence-electron chi connectivity index (χ4n) is 2.66. The maximum absolute atomic E-state index is 12.3.